The van der Waals surface area contributed by atoms with Gasteiger partial charge in [-0.3, -0.25) is 4.79 Å². The van der Waals surface area contributed by atoms with Crippen LogP contribution in [0.3, 0.4) is 0 Å². The normalized spacial score (nSPS) is 11.1. The second-order valence-corrected chi connectivity index (χ2v) is 15.4. The second-order valence-electron chi connectivity index (χ2n) is 15.4. The molecule has 0 aromatic heterocycles. The Morgan fingerprint density at radius 3 is 0.917 bits per heavy atom. The first-order chi connectivity index (χ1) is 29.2. The van der Waals surface area contributed by atoms with Crippen molar-refractivity contribution in [3.05, 3.63) is 89.5 Å². The van der Waals surface area contributed by atoms with Crippen LogP contribution in [-0.4, -0.2) is 70.1 Å². The van der Waals surface area contributed by atoms with Gasteiger partial charge in [0.15, 0.2) is 0 Å². The molecule has 0 saturated carbocycles. The molecule has 330 valence electrons. The van der Waals surface area contributed by atoms with Crippen molar-refractivity contribution in [2.24, 2.45) is 5.41 Å². The van der Waals surface area contributed by atoms with E-state index in [2.05, 4.69) is 20.8 Å². The van der Waals surface area contributed by atoms with E-state index in [1.54, 1.807) is 72.8 Å². The Balaban J connectivity index is 1.71. The summed E-state index contributed by atoms with van der Waals surface area (Å²) in [6.45, 7) is 7.89. The number of ether oxygens (including phenoxy) is 7. The maximum absolute atomic E-state index is 13.4. The quantitative estimate of drug-likeness (QED) is 0.0338. The van der Waals surface area contributed by atoms with Crippen LogP contribution in [0.1, 0.15) is 155 Å². The molecule has 0 radical (unpaired) electrons. The van der Waals surface area contributed by atoms with Gasteiger partial charge in [0.2, 0.25) is 0 Å². The van der Waals surface area contributed by atoms with Gasteiger partial charge in [-0.05, 0) is 92.1 Å². The van der Waals surface area contributed by atoms with Gasteiger partial charge < -0.3 is 33.2 Å². The molecule has 0 fully saturated rings. The van der Waals surface area contributed by atoms with E-state index in [1.165, 1.54) is 64.7 Å². The lowest BCUT2D eigenvalue weighted by atomic mass is 9.92. The van der Waals surface area contributed by atoms with Crippen molar-refractivity contribution in [2.45, 2.75) is 124 Å². The standard InChI is InChI=1S/C49H68O11/c1-5-8-11-14-17-32-54-43-26-20-40(21-27-43)46(51)58-36-49(35-57-39(4)50,37-59-47(52)41-22-28-44(29-23-41)55-33-18-15-12-9-6-2)38-60-48(53)42-24-30-45(31-25-42)56-34-19-16-13-10-7-3/h20-31H,5-19,32-38H2,1-4H3. The average Bonchev–Trinajstić information content (AvgIpc) is 3.27. The minimum absolute atomic E-state index is 0.257. The number of hydrogen-bond acceptors (Lipinski definition) is 11. The molecule has 3 aromatic carbocycles. The molecule has 0 spiro atoms. The molecule has 3 aromatic rings. The van der Waals surface area contributed by atoms with Gasteiger partial charge in [0.05, 0.1) is 36.5 Å². The van der Waals surface area contributed by atoms with Crippen LogP contribution in [0, 0.1) is 5.41 Å². The number of unbranched alkanes of at least 4 members (excludes halogenated alkanes) is 12. The molecule has 3 rings (SSSR count). The SMILES string of the molecule is CCCCCCCOc1ccc(C(=O)OCC(COC(C)=O)(COC(=O)c2ccc(OCCCCCCC)cc2)COC(=O)c2ccc(OCCCCCCC)cc2)cc1. The van der Waals surface area contributed by atoms with E-state index in [1.807, 2.05) is 0 Å². The third kappa shape index (κ3) is 19.8. The minimum atomic E-state index is -1.46. The Kier molecular flexibility index (Phi) is 24.0. The molecule has 0 heterocycles. The highest BCUT2D eigenvalue weighted by Gasteiger charge is 2.38. The number of esters is 4. The highest BCUT2D eigenvalue weighted by atomic mass is 16.6. The Bertz CT molecular complexity index is 1470. The lowest BCUT2D eigenvalue weighted by Crippen LogP contribution is -2.43. The topological polar surface area (TPSA) is 133 Å². The zero-order valence-corrected chi connectivity index (χ0v) is 36.5. The van der Waals surface area contributed by atoms with Crippen molar-refractivity contribution < 1.29 is 52.3 Å². The van der Waals surface area contributed by atoms with Crippen molar-refractivity contribution in [3.63, 3.8) is 0 Å². The molecular weight excluding hydrogens is 765 g/mol. The van der Waals surface area contributed by atoms with Crippen LogP contribution in [0.2, 0.25) is 0 Å². The summed E-state index contributed by atoms with van der Waals surface area (Å²) in [5.74, 6) is -0.739. The Morgan fingerprint density at radius 1 is 0.383 bits per heavy atom. The van der Waals surface area contributed by atoms with Gasteiger partial charge in [-0.25, -0.2) is 14.4 Å². The Morgan fingerprint density at radius 2 is 0.650 bits per heavy atom. The van der Waals surface area contributed by atoms with Crippen molar-refractivity contribution in [1.29, 1.82) is 0 Å². The second kappa shape index (κ2) is 29.2. The van der Waals surface area contributed by atoms with Gasteiger partial charge in [0.25, 0.3) is 0 Å². The fourth-order valence-electron chi connectivity index (χ4n) is 6.16. The van der Waals surface area contributed by atoms with Gasteiger partial charge >= 0.3 is 23.9 Å². The molecule has 60 heavy (non-hydrogen) atoms. The number of carbonyl (C=O) groups is 4. The summed E-state index contributed by atoms with van der Waals surface area (Å²) in [6, 6.07) is 19.8. The van der Waals surface area contributed by atoms with E-state index in [-0.39, 0.29) is 23.3 Å². The first-order valence-corrected chi connectivity index (χ1v) is 22.0. The first-order valence-electron chi connectivity index (χ1n) is 22.0. The van der Waals surface area contributed by atoms with Gasteiger partial charge in [0, 0.05) is 6.92 Å². The molecule has 11 heteroatoms. The molecule has 0 amide bonds. The fourth-order valence-corrected chi connectivity index (χ4v) is 6.16. The molecule has 0 aliphatic carbocycles. The highest BCUT2D eigenvalue weighted by molar-refractivity contribution is 5.90. The summed E-state index contributed by atoms with van der Waals surface area (Å²) in [7, 11) is 0. The predicted molar refractivity (Wildman–Crippen MR) is 232 cm³/mol. The average molecular weight is 833 g/mol. The first kappa shape index (κ1) is 49.3. The van der Waals surface area contributed by atoms with Crippen LogP contribution in [-0.2, 0) is 23.7 Å². The van der Waals surface area contributed by atoms with Crippen molar-refractivity contribution in [1.82, 2.24) is 0 Å². The summed E-state index contributed by atoms with van der Waals surface area (Å²) >= 11 is 0. The maximum Gasteiger partial charge on any atom is 0.338 e. The van der Waals surface area contributed by atoms with Crippen molar-refractivity contribution in [3.8, 4) is 17.2 Å². The van der Waals surface area contributed by atoms with E-state index in [4.69, 9.17) is 33.2 Å². The van der Waals surface area contributed by atoms with Crippen LogP contribution in [0.4, 0.5) is 0 Å². The van der Waals surface area contributed by atoms with Gasteiger partial charge in [-0.2, -0.15) is 0 Å². The number of carbonyl (C=O) groups excluding carboxylic acids is 4. The third-order valence-electron chi connectivity index (χ3n) is 9.93. The monoisotopic (exact) mass is 832 g/mol. The highest BCUT2D eigenvalue weighted by Crippen LogP contribution is 2.25. The summed E-state index contributed by atoms with van der Waals surface area (Å²) < 4.78 is 40.2. The van der Waals surface area contributed by atoms with Gasteiger partial charge in [-0.15, -0.1) is 0 Å². The summed E-state index contributed by atoms with van der Waals surface area (Å²) in [4.78, 5) is 52.2. The fraction of sp³-hybridized carbons (Fsp3) is 0.551. The van der Waals surface area contributed by atoms with Crippen LogP contribution in [0.25, 0.3) is 0 Å². The third-order valence-corrected chi connectivity index (χ3v) is 9.93. The van der Waals surface area contributed by atoms with Crippen LogP contribution >= 0.6 is 0 Å². The molecular formula is C49H68O11. The molecule has 0 bridgehead atoms. The molecule has 0 aliphatic heterocycles. The molecule has 11 nitrogen and oxygen atoms in total. The zero-order valence-electron chi connectivity index (χ0n) is 36.5. The van der Waals surface area contributed by atoms with E-state index in [0.717, 1.165) is 38.5 Å². The van der Waals surface area contributed by atoms with E-state index in [9.17, 15) is 19.2 Å². The summed E-state index contributed by atoms with van der Waals surface area (Å²) in [6.07, 6.45) is 16.8. The molecule has 0 atom stereocenters. The van der Waals surface area contributed by atoms with E-state index in [0.29, 0.717) is 37.1 Å². The Hall–Kier alpha value is -5.06. The van der Waals surface area contributed by atoms with Gasteiger partial charge in [-0.1, -0.05) is 97.8 Å². The minimum Gasteiger partial charge on any atom is -0.494 e. The lowest BCUT2D eigenvalue weighted by Gasteiger charge is -2.31. The number of benzene rings is 3. The molecule has 0 aliphatic rings. The van der Waals surface area contributed by atoms with Crippen LogP contribution in [0.15, 0.2) is 72.8 Å². The maximum atomic E-state index is 13.4. The molecule has 0 unspecified atom stereocenters. The summed E-state index contributed by atoms with van der Waals surface area (Å²) in [5.41, 5.74) is -0.693. The van der Waals surface area contributed by atoms with Crippen LogP contribution in [0.5, 0.6) is 17.2 Å². The van der Waals surface area contributed by atoms with Gasteiger partial charge in [0.1, 0.15) is 49.1 Å². The van der Waals surface area contributed by atoms with E-state index < -0.39 is 49.1 Å². The lowest BCUT2D eigenvalue weighted by molar-refractivity contribution is -0.148. The van der Waals surface area contributed by atoms with Crippen molar-refractivity contribution in [2.75, 3.05) is 46.2 Å². The Labute approximate surface area is 357 Å². The molecule has 0 saturated heterocycles. The largest absolute Gasteiger partial charge is 0.494 e. The zero-order chi connectivity index (χ0) is 43.3. The smallest absolute Gasteiger partial charge is 0.338 e. The van der Waals surface area contributed by atoms with Crippen molar-refractivity contribution >= 4 is 23.9 Å². The number of rotatable bonds is 32. The summed E-state index contributed by atoms with van der Waals surface area (Å²) in [5, 5.41) is 0. The van der Waals surface area contributed by atoms with Crippen LogP contribution < -0.4 is 14.2 Å². The predicted octanol–water partition coefficient (Wildman–Crippen LogP) is 11.2. The van der Waals surface area contributed by atoms with E-state index >= 15 is 0 Å². The molecule has 0 N–H and O–H groups in total. The number of hydrogen-bond donors (Lipinski definition) is 0.